The van der Waals surface area contributed by atoms with E-state index < -0.39 is 5.82 Å². The molecule has 6 rings (SSSR count). The van der Waals surface area contributed by atoms with Crippen molar-refractivity contribution >= 4 is 34.3 Å². The van der Waals surface area contributed by atoms with E-state index in [1.54, 1.807) is 23.9 Å². The van der Waals surface area contributed by atoms with Gasteiger partial charge in [-0.05, 0) is 48.2 Å². The van der Waals surface area contributed by atoms with Crippen LogP contribution in [0, 0.1) is 5.82 Å². The maximum atomic E-state index is 14.4. The Morgan fingerprint density at radius 2 is 2.09 bits per heavy atom. The van der Waals surface area contributed by atoms with Crippen LogP contribution in [0.2, 0.25) is 5.02 Å². The number of hydrogen-bond donors (Lipinski definition) is 2. The first-order chi connectivity index (χ1) is 15.9. The molecule has 3 heterocycles. The van der Waals surface area contributed by atoms with Gasteiger partial charge in [-0.15, -0.1) is 0 Å². The molecule has 33 heavy (non-hydrogen) atoms. The lowest BCUT2D eigenvalue weighted by atomic mass is 9.88. The fraction of sp³-hybridized carbons (Fsp3) is 0.240. The van der Waals surface area contributed by atoms with Crippen LogP contribution < -0.4 is 16.1 Å². The quantitative estimate of drug-likeness (QED) is 0.464. The lowest BCUT2D eigenvalue weighted by Crippen LogP contribution is -2.33. The smallest absolute Gasteiger partial charge is 0.229 e. The standard InChI is InChI=1S/C25H21ClFN5O/c1-32-12-17(21-19(26)3-2-4-20(21)27)22(33)16-11-29-24(31-23(16)32)30-15-5-6-18-14(9-15)10-28-13-25(18)7-8-25/h2-6,9,11-12,28H,7-8,10,13H2,1H3,(H,29,30,31). The van der Waals surface area contributed by atoms with Crippen LogP contribution in [0.4, 0.5) is 16.0 Å². The van der Waals surface area contributed by atoms with E-state index in [1.807, 2.05) is 0 Å². The average Bonchev–Trinajstić information content (AvgIpc) is 3.57. The molecule has 0 amide bonds. The van der Waals surface area contributed by atoms with Crippen LogP contribution in [0.3, 0.4) is 0 Å². The van der Waals surface area contributed by atoms with Crippen LogP contribution >= 0.6 is 11.6 Å². The van der Waals surface area contributed by atoms with E-state index in [0.29, 0.717) is 22.4 Å². The molecule has 1 fully saturated rings. The average molecular weight is 462 g/mol. The van der Waals surface area contributed by atoms with Crippen molar-refractivity contribution in [2.75, 3.05) is 11.9 Å². The van der Waals surface area contributed by atoms with E-state index in [1.165, 1.54) is 42.3 Å². The predicted molar refractivity (Wildman–Crippen MR) is 128 cm³/mol. The van der Waals surface area contributed by atoms with E-state index in [2.05, 4.69) is 38.8 Å². The largest absolute Gasteiger partial charge is 0.335 e. The zero-order valence-electron chi connectivity index (χ0n) is 18.0. The van der Waals surface area contributed by atoms with Gasteiger partial charge in [0.25, 0.3) is 0 Å². The van der Waals surface area contributed by atoms with Gasteiger partial charge in [-0.2, -0.15) is 4.98 Å². The van der Waals surface area contributed by atoms with Crippen molar-refractivity contribution in [3.8, 4) is 11.1 Å². The van der Waals surface area contributed by atoms with Crippen LogP contribution in [0.5, 0.6) is 0 Å². The Balaban J connectivity index is 1.38. The third-order valence-electron chi connectivity index (χ3n) is 6.71. The second kappa shape index (κ2) is 7.37. The number of nitrogens with one attached hydrogen (secondary N) is 2. The maximum absolute atomic E-state index is 14.4. The minimum Gasteiger partial charge on any atom is -0.335 e. The fourth-order valence-corrected chi connectivity index (χ4v) is 5.11. The molecule has 1 spiro atoms. The summed E-state index contributed by atoms with van der Waals surface area (Å²) in [7, 11) is 1.76. The van der Waals surface area contributed by atoms with Gasteiger partial charge in [0.05, 0.1) is 16.0 Å². The fourth-order valence-electron chi connectivity index (χ4n) is 4.85. The molecule has 2 aliphatic rings. The van der Waals surface area contributed by atoms with Crippen molar-refractivity contribution < 1.29 is 4.39 Å². The summed E-state index contributed by atoms with van der Waals surface area (Å²) < 4.78 is 16.1. The molecule has 0 bridgehead atoms. The van der Waals surface area contributed by atoms with E-state index >= 15 is 0 Å². The normalized spacial score (nSPS) is 16.1. The Labute approximate surface area is 194 Å². The van der Waals surface area contributed by atoms with Crippen molar-refractivity contribution in [1.82, 2.24) is 19.9 Å². The Morgan fingerprint density at radius 3 is 2.88 bits per heavy atom. The summed E-state index contributed by atoms with van der Waals surface area (Å²) in [5, 5.41) is 7.25. The molecule has 1 aliphatic carbocycles. The number of rotatable bonds is 3. The number of benzene rings is 2. The number of anilines is 2. The zero-order valence-corrected chi connectivity index (χ0v) is 18.7. The van der Waals surface area contributed by atoms with Gasteiger partial charge in [0.1, 0.15) is 11.5 Å². The molecule has 0 atom stereocenters. The first-order valence-electron chi connectivity index (χ1n) is 10.9. The van der Waals surface area contributed by atoms with Crippen molar-refractivity contribution in [2.24, 2.45) is 7.05 Å². The molecule has 2 aromatic heterocycles. The van der Waals surface area contributed by atoms with Crippen molar-refractivity contribution in [3.05, 3.63) is 81.0 Å². The summed E-state index contributed by atoms with van der Waals surface area (Å²) in [6.07, 6.45) is 5.51. The Hall–Kier alpha value is -3.29. The second-order valence-corrected chi connectivity index (χ2v) is 9.30. The zero-order chi connectivity index (χ0) is 22.7. The second-order valence-electron chi connectivity index (χ2n) is 8.89. The number of hydrogen-bond acceptors (Lipinski definition) is 5. The first-order valence-corrected chi connectivity index (χ1v) is 11.2. The van der Waals surface area contributed by atoms with Crippen LogP contribution in [-0.2, 0) is 19.0 Å². The number of aromatic nitrogens is 3. The Bertz CT molecular complexity index is 1470. The lowest BCUT2D eigenvalue weighted by molar-refractivity contribution is 0.531. The summed E-state index contributed by atoms with van der Waals surface area (Å²) in [5.74, 6) is -0.160. The van der Waals surface area contributed by atoms with Crippen LogP contribution in [0.1, 0.15) is 24.0 Å². The predicted octanol–water partition coefficient (Wildman–Crippen LogP) is 4.67. The van der Waals surface area contributed by atoms with Gasteiger partial charge in [0.2, 0.25) is 11.4 Å². The minimum atomic E-state index is -0.548. The Morgan fingerprint density at radius 1 is 1.24 bits per heavy atom. The molecule has 1 aliphatic heterocycles. The third-order valence-corrected chi connectivity index (χ3v) is 7.03. The van der Waals surface area contributed by atoms with E-state index in [9.17, 15) is 9.18 Å². The number of nitrogens with zero attached hydrogens (tertiary/aromatic N) is 3. The van der Waals surface area contributed by atoms with Crippen LogP contribution in [-0.4, -0.2) is 21.1 Å². The Kier molecular flexibility index (Phi) is 4.54. The highest BCUT2D eigenvalue weighted by Crippen LogP contribution is 2.50. The molecule has 2 N–H and O–H groups in total. The summed E-state index contributed by atoms with van der Waals surface area (Å²) in [6, 6.07) is 10.7. The molecule has 4 aromatic rings. The van der Waals surface area contributed by atoms with Gasteiger partial charge in [-0.1, -0.05) is 23.7 Å². The van der Waals surface area contributed by atoms with E-state index in [-0.39, 0.29) is 21.6 Å². The van der Waals surface area contributed by atoms with Crippen molar-refractivity contribution in [2.45, 2.75) is 24.8 Å². The van der Waals surface area contributed by atoms with Gasteiger partial charge in [-0.25, -0.2) is 9.37 Å². The highest BCUT2D eigenvalue weighted by atomic mass is 35.5. The highest BCUT2D eigenvalue weighted by Gasteiger charge is 2.46. The number of halogens is 2. The molecule has 6 nitrogen and oxygen atoms in total. The summed E-state index contributed by atoms with van der Waals surface area (Å²) >= 11 is 6.19. The van der Waals surface area contributed by atoms with Gasteiger partial charge >= 0.3 is 0 Å². The van der Waals surface area contributed by atoms with Crippen molar-refractivity contribution in [1.29, 1.82) is 0 Å². The SMILES string of the molecule is Cn1cc(-c2c(F)cccc2Cl)c(=O)c2cnc(Nc3ccc4c(c3)CNCC43CC3)nc21. The van der Waals surface area contributed by atoms with E-state index in [4.69, 9.17) is 11.6 Å². The monoisotopic (exact) mass is 461 g/mol. The van der Waals surface area contributed by atoms with Gasteiger partial charge < -0.3 is 15.2 Å². The molecule has 8 heteroatoms. The molecule has 0 radical (unpaired) electrons. The minimum absolute atomic E-state index is 0.0833. The van der Waals surface area contributed by atoms with Gasteiger partial charge in [-0.3, -0.25) is 4.79 Å². The molecule has 1 saturated carbocycles. The molecule has 2 aromatic carbocycles. The number of pyridine rings is 1. The molecule has 0 unspecified atom stereocenters. The number of fused-ring (bicyclic) bond motifs is 3. The van der Waals surface area contributed by atoms with E-state index in [0.717, 1.165) is 18.8 Å². The lowest BCUT2D eigenvalue weighted by Gasteiger charge is -2.26. The van der Waals surface area contributed by atoms with Gasteiger partial charge in [0.15, 0.2) is 0 Å². The third kappa shape index (κ3) is 3.31. The molecule has 166 valence electrons. The molecular weight excluding hydrogens is 441 g/mol. The van der Waals surface area contributed by atoms with Crippen LogP contribution in [0.15, 0.2) is 53.6 Å². The summed E-state index contributed by atoms with van der Waals surface area (Å²) in [5.41, 5.74) is 4.29. The maximum Gasteiger partial charge on any atom is 0.229 e. The van der Waals surface area contributed by atoms with Crippen molar-refractivity contribution in [3.63, 3.8) is 0 Å². The highest BCUT2D eigenvalue weighted by molar-refractivity contribution is 6.33. The first kappa shape index (κ1) is 20.3. The molecule has 0 saturated heterocycles. The topological polar surface area (TPSA) is 71.8 Å². The summed E-state index contributed by atoms with van der Waals surface area (Å²) in [4.78, 5) is 22.1. The van der Waals surface area contributed by atoms with Gasteiger partial charge in [0, 0.05) is 49.2 Å². The number of aryl methyl sites for hydroxylation is 1. The molecular formula is C25H21ClFN5O. The van der Waals surface area contributed by atoms with Crippen LogP contribution in [0.25, 0.3) is 22.2 Å². The summed E-state index contributed by atoms with van der Waals surface area (Å²) in [6.45, 7) is 1.90.